The largest absolute Gasteiger partial charge is 0.481 e. The van der Waals surface area contributed by atoms with E-state index in [9.17, 15) is 0 Å². The number of hydrogen-bond donors (Lipinski definition) is 2. The molecule has 0 saturated heterocycles. The minimum atomic E-state index is 0.215. The maximum atomic E-state index is 8.84. The average Bonchev–Trinajstić information content (AvgIpc) is 2.29. The number of rotatable bonds is 6. The highest BCUT2D eigenvalue weighted by molar-refractivity contribution is 5.20. The van der Waals surface area contributed by atoms with Gasteiger partial charge in [-0.3, -0.25) is 0 Å². The van der Waals surface area contributed by atoms with Gasteiger partial charge >= 0.3 is 0 Å². The topological polar surface area (TPSA) is 54.4 Å². The van der Waals surface area contributed by atoms with Gasteiger partial charge in [0, 0.05) is 32.0 Å². The highest BCUT2D eigenvalue weighted by Gasteiger charge is 2.00. The molecule has 1 heterocycles. The minimum absolute atomic E-state index is 0.215. The Bertz CT molecular complexity index is 292. The van der Waals surface area contributed by atoms with Gasteiger partial charge in [0.05, 0.1) is 7.11 Å². The van der Waals surface area contributed by atoms with E-state index in [0.717, 1.165) is 18.7 Å². The Kier molecular flexibility index (Phi) is 5.07. The summed E-state index contributed by atoms with van der Waals surface area (Å²) in [6.45, 7) is 3.79. The summed E-state index contributed by atoms with van der Waals surface area (Å²) in [5.41, 5.74) is 1.13. The van der Waals surface area contributed by atoms with Crippen molar-refractivity contribution in [2.24, 2.45) is 5.92 Å². The van der Waals surface area contributed by atoms with E-state index in [4.69, 9.17) is 9.84 Å². The Labute approximate surface area is 90.3 Å². The predicted molar refractivity (Wildman–Crippen MR) is 58.7 cm³/mol. The van der Waals surface area contributed by atoms with Crippen molar-refractivity contribution in [1.29, 1.82) is 0 Å². The summed E-state index contributed by atoms with van der Waals surface area (Å²) in [6.07, 6.45) is 1.73. The van der Waals surface area contributed by atoms with Crippen LogP contribution in [0.4, 0.5) is 0 Å². The van der Waals surface area contributed by atoms with Gasteiger partial charge in [-0.15, -0.1) is 0 Å². The lowest BCUT2D eigenvalue weighted by Gasteiger charge is -2.09. The van der Waals surface area contributed by atoms with Crippen molar-refractivity contribution >= 4 is 0 Å². The molecule has 0 aliphatic rings. The summed E-state index contributed by atoms with van der Waals surface area (Å²) in [6, 6.07) is 3.84. The van der Waals surface area contributed by atoms with Crippen LogP contribution < -0.4 is 10.1 Å². The monoisotopic (exact) mass is 210 g/mol. The van der Waals surface area contributed by atoms with Crippen LogP contribution in [0.1, 0.15) is 12.5 Å². The Hall–Kier alpha value is -1.13. The van der Waals surface area contributed by atoms with Crippen LogP contribution in [0.2, 0.25) is 0 Å². The van der Waals surface area contributed by atoms with Crippen molar-refractivity contribution < 1.29 is 9.84 Å². The number of ether oxygens (including phenoxy) is 1. The molecule has 2 N–H and O–H groups in total. The number of hydrogen-bond acceptors (Lipinski definition) is 4. The molecule has 4 heteroatoms. The van der Waals surface area contributed by atoms with Gasteiger partial charge in [0.15, 0.2) is 0 Å². The average molecular weight is 210 g/mol. The third-order valence-corrected chi connectivity index (χ3v) is 2.14. The Morgan fingerprint density at radius 3 is 3.07 bits per heavy atom. The fraction of sp³-hybridized carbons (Fsp3) is 0.545. The standard InChI is InChI=1S/C11H18N2O2/c1-9(8-14)6-12-7-10-3-4-13-11(5-10)15-2/h3-5,9,12,14H,6-8H2,1-2H3. The van der Waals surface area contributed by atoms with E-state index in [0.29, 0.717) is 5.88 Å². The van der Waals surface area contributed by atoms with Gasteiger partial charge < -0.3 is 15.2 Å². The fourth-order valence-corrected chi connectivity index (χ4v) is 1.20. The van der Waals surface area contributed by atoms with Crippen molar-refractivity contribution in [1.82, 2.24) is 10.3 Å². The molecule has 0 amide bonds. The highest BCUT2D eigenvalue weighted by Crippen LogP contribution is 2.08. The lowest BCUT2D eigenvalue weighted by Crippen LogP contribution is -2.22. The van der Waals surface area contributed by atoms with Gasteiger partial charge in [0.1, 0.15) is 0 Å². The quantitative estimate of drug-likeness (QED) is 0.729. The molecule has 1 aromatic rings. The van der Waals surface area contributed by atoms with E-state index in [-0.39, 0.29) is 12.5 Å². The Balaban J connectivity index is 2.37. The van der Waals surface area contributed by atoms with Crippen LogP contribution in [0, 0.1) is 5.92 Å². The number of methoxy groups -OCH3 is 1. The first kappa shape index (κ1) is 11.9. The number of nitrogens with one attached hydrogen (secondary N) is 1. The molecule has 0 aliphatic carbocycles. The summed E-state index contributed by atoms with van der Waals surface area (Å²) in [5, 5.41) is 12.1. The number of aromatic nitrogens is 1. The van der Waals surface area contributed by atoms with Crippen molar-refractivity contribution in [2.75, 3.05) is 20.3 Å². The van der Waals surface area contributed by atoms with Gasteiger partial charge in [-0.05, 0) is 17.5 Å². The van der Waals surface area contributed by atoms with E-state index in [1.54, 1.807) is 13.3 Å². The van der Waals surface area contributed by atoms with Crippen molar-refractivity contribution in [3.63, 3.8) is 0 Å². The van der Waals surface area contributed by atoms with Gasteiger partial charge in [0.25, 0.3) is 0 Å². The molecule has 0 radical (unpaired) electrons. The maximum absolute atomic E-state index is 8.84. The number of aliphatic hydroxyl groups excluding tert-OH is 1. The summed E-state index contributed by atoms with van der Waals surface area (Å²) in [7, 11) is 1.60. The molecule has 0 saturated carbocycles. The van der Waals surface area contributed by atoms with Gasteiger partial charge in [-0.2, -0.15) is 0 Å². The zero-order valence-electron chi connectivity index (χ0n) is 9.23. The number of pyridine rings is 1. The molecule has 15 heavy (non-hydrogen) atoms. The van der Waals surface area contributed by atoms with Crippen molar-refractivity contribution in [3.05, 3.63) is 23.9 Å². The van der Waals surface area contributed by atoms with Crippen LogP contribution in [-0.2, 0) is 6.54 Å². The molecule has 1 atom stereocenters. The second-order valence-corrected chi connectivity index (χ2v) is 3.63. The Morgan fingerprint density at radius 1 is 1.60 bits per heavy atom. The lowest BCUT2D eigenvalue weighted by molar-refractivity contribution is 0.233. The van der Waals surface area contributed by atoms with E-state index in [1.165, 1.54) is 0 Å². The van der Waals surface area contributed by atoms with E-state index >= 15 is 0 Å². The molecule has 1 unspecified atom stereocenters. The molecule has 0 aliphatic heterocycles. The number of aliphatic hydroxyl groups is 1. The number of nitrogens with zero attached hydrogens (tertiary/aromatic N) is 1. The van der Waals surface area contributed by atoms with Crippen molar-refractivity contribution in [3.8, 4) is 5.88 Å². The van der Waals surface area contributed by atoms with Gasteiger partial charge in [0.2, 0.25) is 5.88 Å². The SMILES string of the molecule is COc1cc(CNCC(C)CO)ccn1. The Morgan fingerprint density at radius 2 is 2.40 bits per heavy atom. The van der Waals surface area contributed by atoms with E-state index < -0.39 is 0 Å². The van der Waals surface area contributed by atoms with Crippen LogP contribution >= 0.6 is 0 Å². The molecule has 0 bridgehead atoms. The molecule has 84 valence electrons. The first-order chi connectivity index (χ1) is 7.26. The molecule has 0 spiro atoms. The van der Waals surface area contributed by atoms with E-state index in [2.05, 4.69) is 10.3 Å². The smallest absolute Gasteiger partial charge is 0.213 e. The lowest BCUT2D eigenvalue weighted by atomic mass is 10.2. The van der Waals surface area contributed by atoms with Crippen LogP contribution in [-0.4, -0.2) is 30.4 Å². The third kappa shape index (κ3) is 4.27. The van der Waals surface area contributed by atoms with Crippen molar-refractivity contribution in [2.45, 2.75) is 13.5 Å². The maximum Gasteiger partial charge on any atom is 0.213 e. The second kappa shape index (κ2) is 6.37. The normalized spacial score (nSPS) is 12.5. The first-order valence-corrected chi connectivity index (χ1v) is 5.06. The summed E-state index contributed by atoms with van der Waals surface area (Å²) < 4.78 is 5.02. The van der Waals surface area contributed by atoms with Crippen LogP contribution in [0.25, 0.3) is 0 Å². The molecule has 1 aromatic heterocycles. The highest BCUT2D eigenvalue weighted by atomic mass is 16.5. The van der Waals surface area contributed by atoms with Gasteiger partial charge in [-0.25, -0.2) is 4.98 Å². The molecule has 4 nitrogen and oxygen atoms in total. The van der Waals surface area contributed by atoms with Crippen LogP contribution in [0.5, 0.6) is 5.88 Å². The third-order valence-electron chi connectivity index (χ3n) is 2.14. The summed E-state index contributed by atoms with van der Waals surface area (Å²) >= 11 is 0. The van der Waals surface area contributed by atoms with E-state index in [1.807, 2.05) is 19.1 Å². The predicted octanol–water partition coefficient (Wildman–Crippen LogP) is 0.808. The molecule has 0 aromatic carbocycles. The fourth-order valence-electron chi connectivity index (χ4n) is 1.20. The van der Waals surface area contributed by atoms with Crippen LogP contribution in [0.3, 0.4) is 0 Å². The summed E-state index contributed by atoms with van der Waals surface area (Å²) in [5.74, 6) is 0.915. The summed E-state index contributed by atoms with van der Waals surface area (Å²) in [4.78, 5) is 4.03. The van der Waals surface area contributed by atoms with Crippen LogP contribution in [0.15, 0.2) is 18.3 Å². The first-order valence-electron chi connectivity index (χ1n) is 5.06. The molecule has 0 fully saturated rings. The molecular formula is C11H18N2O2. The zero-order valence-corrected chi connectivity index (χ0v) is 9.23. The molecular weight excluding hydrogens is 192 g/mol. The zero-order chi connectivity index (χ0) is 11.1. The minimum Gasteiger partial charge on any atom is -0.481 e. The van der Waals surface area contributed by atoms with Gasteiger partial charge in [-0.1, -0.05) is 6.92 Å². The second-order valence-electron chi connectivity index (χ2n) is 3.63. The molecule has 1 rings (SSSR count).